The topological polar surface area (TPSA) is 45.2 Å². The maximum Gasteiger partial charge on any atom is 0.317 e. The second-order valence-corrected chi connectivity index (χ2v) is 6.68. The van der Waals surface area contributed by atoms with Crippen molar-refractivity contribution in [1.29, 1.82) is 0 Å². The molecule has 4 nitrogen and oxygen atoms in total. The summed E-state index contributed by atoms with van der Waals surface area (Å²) in [5, 5.41) is 6.71. The SMILES string of the molecule is CCC(NC(=O)N(C)Cc1csc(C)n1)c1cccc(Cl)c1. The van der Waals surface area contributed by atoms with Crippen LogP contribution in [-0.4, -0.2) is 23.0 Å². The van der Waals surface area contributed by atoms with E-state index in [-0.39, 0.29) is 12.1 Å². The van der Waals surface area contributed by atoms with E-state index in [1.165, 1.54) is 0 Å². The van der Waals surface area contributed by atoms with Crippen molar-refractivity contribution in [3.05, 3.63) is 50.9 Å². The van der Waals surface area contributed by atoms with Gasteiger partial charge in [-0.3, -0.25) is 0 Å². The van der Waals surface area contributed by atoms with Crippen LogP contribution < -0.4 is 5.32 Å². The number of nitrogens with zero attached hydrogens (tertiary/aromatic N) is 2. The summed E-state index contributed by atoms with van der Waals surface area (Å²) in [5.41, 5.74) is 1.93. The molecule has 0 spiro atoms. The molecule has 1 heterocycles. The van der Waals surface area contributed by atoms with E-state index in [0.29, 0.717) is 11.6 Å². The average Bonchev–Trinajstić information content (AvgIpc) is 2.89. The molecule has 118 valence electrons. The molecule has 0 fully saturated rings. The molecule has 1 atom stereocenters. The molecule has 0 aliphatic heterocycles. The van der Waals surface area contributed by atoms with Crippen LogP contribution in [0.25, 0.3) is 0 Å². The minimum absolute atomic E-state index is 0.0502. The van der Waals surface area contributed by atoms with E-state index in [9.17, 15) is 4.79 Å². The van der Waals surface area contributed by atoms with E-state index >= 15 is 0 Å². The Bertz CT molecular complexity index is 644. The fraction of sp³-hybridized carbons (Fsp3) is 0.375. The van der Waals surface area contributed by atoms with Gasteiger partial charge >= 0.3 is 6.03 Å². The first-order valence-corrected chi connectivity index (χ1v) is 8.43. The van der Waals surface area contributed by atoms with Crippen LogP contribution >= 0.6 is 22.9 Å². The summed E-state index contributed by atoms with van der Waals surface area (Å²) in [6.07, 6.45) is 0.801. The molecular formula is C16H20ClN3OS. The number of aryl methyl sites for hydroxylation is 1. The van der Waals surface area contributed by atoms with Crippen molar-refractivity contribution < 1.29 is 4.79 Å². The number of carbonyl (C=O) groups excluding carboxylic acids is 1. The fourth-order valence-electron chi connectivity index (χ4n) is 2.20. The van der Waals surface area contributed by atoms with Gasteiger partial charge in [-0.2, -0.15) is 0 Å². The van der Waals surface area contributed by atoms with Crippen molar-refractivity contribution in [3.8, 4) is 0 Å². The number of amides is 2. The van der Waals surface area contributed by atoms with Gasteiger partial charge in [-0.1, -0.05) is 30.7 Å². The third-order valence-electron chi connectivity index (χ3n) is 3.37. The highest BCUT2D eigenvalue weighted by Gasteiger charge is 2.16. The van der Waals surface area contributed by atoms with Crippen molar-refractivity contribution in [2.45, 2.75) is 32.9 Å². The molecule has 1 N–H and O–H groups in total. The smallest absolute Gasteiger partial charge is 0.317 e. The Labute approximate surface area is 140 Å². The summed E-state index contributed by atoms with van der Waals surface area (Å²) in [7, 11) is 1.77. The molecule has 0 saturated carbocycles. The predicted octanol–water partition coefficient (Wildman–Crippen LogP) is 4.40. The molecule has 0 radical (unpaired) electrons. The molecule has 2 amide bonds. The first-order chi connectivity index (χ1) is 10.5. The van der Waals surface area contributed by atoms with Gasteiger partial charge in [-0.25, -0.2) is 9.78 Å². The highest BCUT2D eigenvalue weighted by Crippen LogP contribution is 2.20. The second-order valence-electron chi connectivity index (χ2n) is 5.18. The normalized spacial score (nSPS) is 12.0. The maximum atomic E-state index is 12.3. The van der Waals surface area contributed by atoms with Gasteiger partial charge in [-0.15, -0.1) is 11.3 Å². The molecule has 1 unspecified atom stereocenters. The number of hydrogen-bond donors (Lipinski definition) is 1. The van der Waals surface area contributed by atoms with Crippen LogP contribution in [0.1, 0.15) is 35.7 Å². The lowest BCUT2D eigenvalue weighted by Gasteiger charge is -2.23. The Balaban J connectivity index is 1.99. The van der Waals surface area contributed by atoms with Gasteiger partial charge in [0, 0.05) is 17.5 Å². The number of hydrogen-bond acceptors (Lipinski definition) is 3. The zero-order valence-electron chi connectivity index (χ0n) is 13.0. The quantitative estimate of drug-likeness (QED) is 0.879. The number of aromatic nitrogens is 1. The third-order valence-corrected chi connectivity index (χ3v) is 4.43. The standard InChI is InChI=1S/C16H20ClN3OS/c1-4-15(12-6-5-7-13(17)8-12)19-16(21)20(3)9-14-10-22-11(2)18-14/h5-8,10,15H,4,9H2,1-3H3,(H,19,21). The molecule has 1 aromatic carbocycles. The lowest BCUT2D eigenvalue weighted by molar-refractivity contribution is 0.202. The van der Waals surface area contributed by atoms with Crippen molar-refractivity contribution in [2.75, 3.05) is 7.05 Å². The Morgan fingerprint density at radius 1 is 1.50 bits per heavy atom. The number of benzene rings is 1. The number of rotatable bonds is 5. The molecule has 2 rings (SSSR count). The van der Waals surface area contributed by atoms with E-state index in [2.05, 4.69) is 10.3 Å². The highest BCUT2D eigenvalue weighted by atomic mass is 35.5. The van der Waals surface area contributed by atoms with Crippen LogP contribution in [0.2, 0.25) is 5.02 Å². The summed E-state index contributed by atoms with van der Waals surface area (Å²) in [5.74, 6) is 0. The van der Waals surface area contributed by atoms with Crippen molar-refractivity contribution in [1.82, 2.24) is 15.2 Å². The second kappa shape index (κ2) is 7.61. The summed E-state index contributed by atoms with van der Waals surface area (Å²) in [4.78, 5) is 18.4. The first kappa shape index (κ1) is 16.8. The molecule has 22 heavy (non-hydrogen) atoms. The van der Waals surface area contributed by atoms with Crippen molar-refractivity contribution in [3.63, 3.8) is 0 Å². The van der Waals surface area contributed by atoms with Crippen LogP contribution in [0.5, 0.6) is 0 Å². The van der Waals surface area contributed by atoms with Gasteiger partial charge in [0.05, 0.1) is 23.3 Å². The van der Waals surface area contributed by atoms with Crippen LogP contribution in [0.3, 0.4) is 0 Å². The zero-order chi connectivity index (χ0) is 16.1. The Kier molecular flexibility index (Phi) is 5.80. The zero-order valence-corrected chi connectivity index (χ0v) is 14.5. The molecule has 2 aromatic rings. The van der Waals surface area contributed by atoms with Gasteiger partial charge in [0.1, 0.15) is 0 Å². The van der Waals surface area contributed by atoms with Gasteiger partial charge in [0.2, 0.25) is 0 Å². The third kappa shape index (κ3) is 4.45. The van der Waals surface area contributed by atoms with Crippen LogP contribution in [0.15, 0.2) is 29.6 Å². The summed E-state index contributed by atoms with van der Waals surface area (Å²) in [6.45, 7) is 4.50. The molecule has 1 aromatic heterocycles. The molecule has 0 bridgehead atoms. The number of carbonyl (C=O) groups is 1. The predicted molar refractivity (Wildman–Crippen MR) is 91.3 cm³/mol. The average molecular weight is 338 g/mol. The van der Waals surface area contributed by atoms with Crippen LogP contribution in [0.4, 0.5) is 4.79 Å². The number of urea groups is 1. The molecule has 0 saturated heterocycles. The van der Waals surface area contributed by atoms with E-state index < -0.39 is 0 Å². The molecule has 6 heteroatoms. The molecular weight excluding hydrogens is 318 g/mol. The highest BCUT2D eigenvalue weighted by molar-refractivity contribution is 7.09. The molecule has 0 aliphatic carbocycles. The Morgan fingerprint density at radius 3 is 2.86 bits per heavy atom. The number of nitrogens with one attached hydrogen (secondary N) is 1. The first-order valence-electron chi connectivity index (χ1n) is 7.17. The Hall–Kier alpha value is -1.59. The minimum atomic E-state index is -0.113. The van der Waals surface area contributed by atoms with E-state index in [0.717, 1.165) is 22.7 Å². The lowest BCUT2D eigenvalue weighted by atomic mass is 10.1. The maximum absolute atomic E-state index is 12.3. The minimum Gasteiger partial charge on any atom is -0.331 e. The van der Waals surface area contributed by atoms with Gasteiger partial charge in [-0.05, 0) is 31.0 Å². The Morgan fingerprint density at radius 2 is 2.27 bits per heavy atom. The lowest BCUT2D eigenvalue weighted by Crippen LogP contribution is -2.38. The monoisotopic (exact) mass is 337 g/mol. The summed E-state index contributed by atoms with van der Waals surface area (Å²) in [6, 6.07) is 7.43. The number of halogens is 1. The van der Waals surface area contributed by atoms with Gasteiger partial charge in [0.15, 0.2) is 0 Å². The van der Waals surface area contributed by atoms with Crippen LogP contribution in [-0.2, 0) is 6.54 Å². The van der Waals surface area contributed by atoms with E-state index in [1.54, 1.807) is 23.3 Å². The summed E-state index contributed by atoms with van der Waals surface area (Å²) < 4.78 is 0. The summed E-state index contributed by atoms with van der Waals surface area (Å²) >= 11 is 7.62. The van der Waals surface area contributed by atoms with Crippen molar-refractivity contribution in [2.24, 2.45) is 0 Å². The van der Waals surface area contributed by atoms with Gasteiger partial charge in [0.25, 0.3) is 0 Å². The fourth-order valence-corrected chi connectivity index (χ4v) is 3.00. The van der Waals surface area contributed by atoms with Crippen molar-refractivity contribution >= 4 is 29.0 Å². The number of thiazole rings is 1. The largest absolute Gasteiger partial charge is 0.331 e. The van der Waals surface area contributed by atoms with Gasteiger partial charge < -0.3 is 10.2 Å². The van der Waals surface area contributed by atoms with E-state index in [4.69, 9.17) is 11.6 Å². The molecule has 0 aliphatic rings. The van der Waals surface area contributed by atoms with Crippen LogP contribution in [0, 0.1) is 6.92 Å². The van der Waals surface area contributed by atoms with E-state index in [1.807, 2.05) is 43.5 Å².